The van der Waals surface area contributed by atoms with Gasteiger partial charge in [0.2, 0.25) is 0 Å². The number of pyridine rings is 1. The van der Waals surface area contributed by atoms with Crippen LogP contribution in [0.3, 0.4) is 0 Å². The number of alkyl halides is 3. The zero-order chi connectivity index (χ0) is 14.9. The quantitative estimate of drug-likeness (QED) is 0.524. The molecule has 0 amide bonds. The predicted molar refractivity (Wildman–Crippen MR) is 65.1 cm³/mol. The molecule has 0 fully saturated rings. The molecule has 1 N–H and O–H groups in total. The van der Waals surface area contributed by atoms with Crippen molar-refractivity contribution in [2.24, 2.45) is 5.16 Å². The molecular formula is C12H11F3N4O. The lowest BCUT2D eigenvalue weighted by Crippen LogP contribution is -2.08. The van der Waals surface area contributed by atoms with Crippen molar-refractivity contribution in [2.45, 2.75) is 20.0 Å². The van der Waals surface area contributed by atoms with Gasteiger partial charge in [0.15, 0.2) is 5.82 Å². The molecule has 2 aromatic heterocycles. The lowest BCUT2D eigenvalue weighted by molar-refractivity contribution is -0.137. The van der Waals surface area contributed by atoms with Gasteiger partial charge >= 0.3 is 6.18 Å². The van der Waals surface area contributed by atoms with Crippen molar-refractivity contribution >= 4 is 5.71 Å². The fraction of sp³-hybridized carbons (Fsp3) is 0.250. The van der Waals surface area contributed by atoms with Gasteiger partial charge in [0, 0.05) is 11.8 Å². The summed E-state index contributed by atoms with van der Waals surface area (Å²) in [5.41, 5.74) is 0.752. The van der Waals surface area contributed by atoms with Gasteiger partial charge < -0.3 is 5.21 Å². The Bertz CT molecular complexity index is 644. The monoisotopic (exact) mass is 284 g/mol. The van der Waals surface area contributed by atoms with Gasteiger partial charge in [-0.1, -0.05) is 5.16 Å². The number of aromatic nitrogens is 3. The van der Waals surface area contributed by atoms with Crippen LogP contribution in [0.5, 0.6) is 0 Å². The normalized spacial score (nSPS) is 12.8. The van der Waals surface area contributed by atoms with E-state index in [-0.39, 0.29) is 5.82 Å². The molecule has 0 unspecified atom stereocenters. The predicted octanol–water partition coefficient (Wildman–Crippen LogP) is 2.79. The van der Waals surface area contributed by atoms with Crippen molar-refractivity contribution in [2.75, 3.05) is 0 Å². The van der Waals surface area contributed by atoms with Gasteiger partial charge in [-0.3, -0.25) is 0 Å². The average molecular weight is 284 g/mol. The number of hydrogen-bond donors (Lipinski definition) is 1. The van der Waals surface area contributed by atoms with E-state index in [0.29, 0.717) is 17.0 Å². The maximum atomic E-state index is 12.5. The third kappa shape index (κ3) is 2.49. The molecule has 20 heavy (non-hydrogen) atoms. The summed E-state index contributed by atoms with van der Waals surface area (Å²) in [6.07, 6.45) is -2.21. The summed E-state index contributed by atoms with van der Waals surface area (Å²) in [4.78, 5) is 3.75. The van der Waals surface area contributed by atoms with E-state index in [9.17, 15) is 13.2 Å². The summed E-state index contributed by atoms with van der Waals surface area (Å²) in [6, 6.07) is 2.17. The molecule has 2 rings (SSSR count). The third-order valence-corrected chi connectivity index (χ3v) is 2.84. The Morgan fingerprint density at radius 3 is 2.50 bits per heavy atom. The van der Waals surface area contributed by atoms with Crippen LogP contribution < -0.4 is 0 Å². The maximum absolute atomic E-state index is 12.5. The molecule has 0 aliphatic heterocycles. The minimum absolute atomic E-state index is 0.257. The topological polar surface area (TPSA) is 63.3 Å². The zero-order valence-electron chi connectivity index (χ0n) is 10.7. The highest BCUT2D eigenvalue weighted by Crippen LogP contribution is 2.28. The molecule has 0 saturated carbocycles. The fourth-order valence-electron chi connectivity index (χ4n) is 1.73. The molecular weight excluding hydrogens is 273 g/mol. The van der Waals surface area contributed by atoms with Crippen LogP contribution in [0.2, 0.25) is 0 Å². The Balaban J connectivity index is 2.41. The van der Waals surface area contributed by atoms with Crippen molar-refractivity contribution in [3.8, 4) is 5.82 Å². The van der Waals surface area contributed by atoms with E-state index < -0.39 is 11.7 Å². The fourth-order valence-corrected chi connectivity index (χ4v) is 1.73. The van der Waals surface area contributed by atoms with E-state index in [2.05, 4.69) is 15.2 Å². The highest BCUT2D eigenvalue weighted by molar-refractivity contribution is 5.99. The Morgan fingerprint density at radius 2 is 2.00 bits per heavy atom. The van der Waals surface area contributed by atoms with Gasteiger partial charge in [-0.05, 0) is 26.0 Å². The summed E-state index contributed by atoms with van der Waals surface area (Å²) in [5.74, 6) is 0.257. The average Bonchev–Trinajstić information content (AvgIpc) is 2.79. The van der Waals surface area contributed by atoms with Gasteiger partial charge in [-0.25, -0.2) is 9.67 Å². The molecule has 2 aromatic rings. The molecule has 0 atom stereocenters. The van der Waals surface area contributed by atoms with E-state index in [1.807, 2.05) is 0 Å². The second-order valence-corrected chi connectivity index (χ2v) is 4.14. The first-order chi connectivity index (χ1) is 9.34. The molecule has 8 heteroatoms. The van der Waals surface area contributed by atoms with Crippen LogP contribution in [0.25, 0.3) is 5.82 Å². The SMILES string of the molecule is CC(=NO)c1cnn(-c2ccc(C(F)(F)F)cn2)c1C. The molecule has 0 saturated heterocycles. The Kier molecular flexibility index (Phi) is 3.47. The highest BCUT2D eigenvalue weighted by atomic mass is 19.4. The second kappa shape index (κ2) is 4.95. The minimum Gasteiger partial charge on any atom is -0.411 e. The number of oxime groups is 1. The number of hydrogen-bond acceptors (Lipinski definition) is 4. The van der Waals surface area contributed by atoms with E-state index in [1.165, 1.54) is 16.9 Å². The number of rotatable bonds is 2. The minimum atomic E-state index is -4.42. The Morgan fingerprint density at radius 1 is 1.30 bits per heavy atom. The lowest BCUT2D eigenvalue weighted by atomic mass is 10.2. The van der Waals surface area contributed by atoms with Crippen molar-refractivity contribution in [3.63, 3.8) is 0 Å². The van der Waals surface area contributed by atoms with Gasteiger partial charge in [0.25, 0.3) is 0 Å². The van der Waals surface area contributed by atoms with Crippen molar-refractivity contribution in [3.05, 3.63) is 41.3 Å². The lowest BCUT2D eigenvalue weighted by Gasteiger charge is -2.08. The molecule has 0 aliphatic carbocycles. The summed E-state index contributed by atoms with van der Waals surface area (Å²) >= 11 is 0. The number of nitrogens with zero attached hydrogens (tertiary/aromatic N) is 4. The van der Waals surface area contributed by atoms with Crippen LogP contribution in [0.1, 0.15) is 23.7 Å². The first-order valence-electron chi connectivity index (χ1n) is 5.62. The smallest absolute Gasteiger partial charge is 0.411 e. The van der Waals surface area contributed by atoms with Crippen LogP contribution in [0, 0.1) is 6.92 Å². The molecule has 106 valence electrons. The molecule has 2 heterocycles. The van der Waals surface area contributed by atoms with E-state index in [0.717, 1.165) is 12.3 Å². The first-order valence-corrected chi connectivity index (χ1v) is 5.62. The Hall–Kier alpha value is -2.38. The molecule has 0 aliphatic rings. The van der Waals surface area contributed by atoms with Crippen LogP contribution in [-0.4, -0.2) is 25.7 Å². The zero-order valence-corrected chi connectivity index (χ0v) is 10.7. The third-order valence-electron chi connectivity index (χ3n) is 2.84. The van der Waals surface area contributed by atoms with Crippen LogP contribution in [-0.2, 0) is 6.18 Å². The van der Waals surface area contributed by atoms with Crippen molar-refractivity contribution < 1.29 is 18.4 Å². The van der Waals surface area contributed by atoms with Gasteiger partial charge in [-0.2, -0.15) is 18.3 Å². The van der Waals surface area contributed by atoms with Crippen molar-refractivity contribution in [1.82, 2.24) is 14.8 Å². The first kappa shape index (κ1) is 14.0. The Labute approximate surface area is 112 Å². The summed E-state index contributed by atoms with van der Waals surface area (Å²) in [5, 5.41) is 15.8. The van der Waals surface area contributed by atoms with E-state index >= 15 is 0 Å². The maximum Gasteiger partial charge on any atom is 0.417 e. The van der Waals surface area contributed by atoms with Crippen LogP contribution in [0.15, 0.2) is 29.7 Å². The van der Waals surface area contributed by atoms with Crippen LogP contribution >= 0.6 is 0 Å². The van der Waals surface area contributed by atoms with Gasteiger partial charge in [-0.15, -0.1) is 0 Å². The standard InChI is InChI=1S/C12H11F3N4O/c1-7(18-20)10-6-17-19(8(10)2)11-4-3-9(5-16-11)12(13,14)15/h3-6,20H,1-2H3. The molecule has 0 spiro atoms. The van der Waals surface area contributed by atoms with Gasteiger partial charge in [0.05, 0.1) is 23.2 Å². The molecule has 0 radical (unpaired) electrons. The number of halogens is 3. The van der Waals surface area contributed by atoms with Gasteiger partial charge in [0.1, 0.15) is 0 Å². The molecule has 5 nitrogen and oxygen atoms in total. The second-order valence-electron chi connectivity index (χ2n) is 4.14. The molecule has 0 aromatic carbocycles. The molecule has 0 bridgehead atoms. The van der Waals surface area contributed by atoms with E-state index in [1.54, 1.807) is 13.8 Å². The summed E-state index contributed by atoms with van der Waals surface area (Å²) < 4.78 is 38.7. The van der Waals surface area contributed by atoms with Crippen LogP contribution in [0.4, 0.5) is 13.2 Å². The summed E-state index contributed by atoms with van der Waals surface area (Å²) in [6.45, 7) is 3.30. The summed E-state index contributed by atoms with van der Waals surface area (Å²) in [7, 11) is 0. The van der Waals surface area contributed by atoms with E-state index in [4.69, 9.17) is 5.21 Å². The highest BCUT2D eigenvalue weighted by Gasteiger charge is 2.30. The van der Waals surface area contributed by atoms with Crippen molar-refractivity contribution in [1.29, 1.82) is 0 Å². The largest absolute Gasteiger partial charge is 0.417 e.